The molecule has 0 spiro atoms. The lowest BCUT2D eigenvalue weighted by Gasteiger charge is -2.19. The van der Waals surface area contributed by atoms with Crippen LogP contribution in [-0.2, 0) is 26.2 Å². The molecule has 3 aromatic heterocycles. The van der Waals surface area contributed by atoms with Gasteiger partial charge in [0.25, 0.3) is 0 Å². The van der Waals surface area contributed by atoms with Crippen LogP contribution in [0.5, 0.6) is 5.75 Å². The Morgan fingerprint density at radius 1 is 1.21 bits per heavy atom. The van der Waals surface area contributed by atoms with E-state index in [-0.39, 0.29) is 0 Å². The van der Waals surface area contributed by atoms with Crippen molar-refractivity contribution >= 4 is 11.3 Å². The summed E-state index contributed by atoms with van der Waals surface area (Å²) in [6.45, 7) is 4.55. The van der Waals surface area contributed by atoms with Crippen LogP contribution in [0.25, 0.3) is 0 Å². The standard InChI is InChI=1S/C18H20N4OS/c1-4-15(10-19-6-1)23-13-17-18-12-21(11-16-5-2-9-24-16)7-3-8-22(18)14-20-17/h1-2,4-6,9-10,14H,3,7-8,11-13H2. The number of aromatic nitrogens is 3. The second-order valence-corrected chi connectivity index (χ2v) is 6.98. The highest BCUT2D eigenvalue weighted by Crippen LogP contribution is 2.21. The molecule has 0 bridgehead atoms. The number of nitrogens with zero attached hydrogens (tertiary/aromatic N) is 4. The minimum Gasteiger partial charge on any atom is -0.486 e. The van der Waals surface area contributed by atoms with Crippen molar-refractivity contribution in [3.63, 3.8) is 0 Å². The minimum atomic E-state index is 0.487. The molecule has 4 rings (SSSR count). The van der Waals surface area contributed by atoms with Crippen molar-refractivity contribution < 1.29 is 4.74 Å². The summed E-state index contributed by atoms with van der Waals surface area (Å²) < 4.78 is 8.12. The fraction of sp³-hybridized carbons (Fsp3) is 0.333. The van der Waals surface area contributed by atoms with Gasteiger partial charge in [-0.25, -0.2) is 4.98 Å². The lowest BCUT2D eigenvalue weighted by molar-refractivity contribution is 0.257. The van der Waals surface area contributed by atoms with E-state index in [4.69, 9.17) is 4.74 Å². The summed E-state index contributed by atoms with van der Waals surface area (Å²) >= 11 is 1.82. The molecule has 1 aliphatic rings. The Labute approximate surface area is 145 Å². The van der Waals surface area contributed by atoms with Gasteiger partial charge in [0, 0.05) is 37.3 Å². The van der Waals surface area contributed by atoms with Crippen molar-refractivity contribution in [1.29, 1.82) is 0 Å². The van der Waals surface area contributed by atoms with Crippen LogP contribution in [0.2, 0.25) is 0 Å². The van der Waals surface area contributed by atoms with Crippen molar-refractivity contribution in [1.82, 2.24) is 19.4 Å². The highest BCUT2D eigenvalue weighted by atomic mass is 32.1. The number of ether oxygens (including phenoxy) is 1. The topological polar surface area (TPSA) is 43.2 Å². The van der Waals surface area contributed by atoms with Crippen LogP contribution in [0.1, 0.15) is 22.7 Å². The third kappa shape index (κ3) is 3.49. The minimum absolute atomic E-state index is 0.487. The zero-order valence-electron chi connectivity index (χ0n) is 13.5. The van der Waals surface area contributed by atoms with Gasteiger partial charge in [0.15, 0.2) is 0 Å². The number of pyridine rings is 1. The molecule has 0 radical (unpaired) electrons. The maximum Gasteiger partial charge on any atom is 0.138 e. The van der Waals surface area contributed by atoms with Gasteiger partial charge in [-0.2, -0.15) is 0 Å². The lowest BCUT2D eigenvalue weighted by atomic mass is 10.3. The van der Waals surface area contributed by atoms with E-state index in [1.54, 1.807) is 12.4 Å². The maximum absolute atomic E-state index is 5.84. The Morgan fingerprint density at radius 2 is 2.21 bits per heavy atom. The van der Waals surface area contributed by atoms with Crippen LogP contribution in [0.15, 0.2) is 48.4 Å². The van der Waals surface area contributed by atoms with Gasteiger partial charge in [0.1, 0.15) is 18.1 Å². The molecule has 0 atom stereocenters. The van der Waals surface area contributed by atoms with E-state index in [9.17, 15) is 0 Å². The van der Waals surface area contributed by atoms with Crippen molar-refractivity contribution in [3.8, 4) is 5.75 Å². The summed E-state index contributed by atoms with van der Waals surface area (Å²) in [6, 6.07) is 8.13. The van der Waals surface area contributed by atoms with E-state index in [2.05, 4.69) is 36.9 Å². The fourth-order valence-electron chi connectivity index (χ4n) is 3.04. The number of thiophene rings is 1. The number of hydrogen-bond acceptors (Lipinski definition) is 5. The van der Waals surface area contributed by atoms with Crippen molar-refractivity contribution in [3.05, 3.63) is 64.6 Å². The average molecular weight is 340 g/mol. The normalized spacial score (nSPS) is 15.0. The number of imidazole rings is 1. The number of fused-ring (bicyclic) bond motifs is 1. The first-order chi connectivity index (χ1) is 11.9. The Morgan fingerprint density at radius 3 is 3.04 bits per heavy atom. The molecule has 0 saturated carbocycles. The Balaban J connectivity index is 1.47. The summed E-state index contributed by atoms with van der Waals surface area (Å²) in [5, 5.41) is 2.14. The molecule has 1 aliphatic heterocycles. The van der Waals surface area contributed by atoms with E-state index in [1.807, 2.05) is 29.8 Å². The predicted octanol–water partition coefficient (Wildman–Crippen LogP) is 3.32. The van der Waals surface area contributed by atoms with Gasteiger partial charge in [-0.15, -0.1) is 11.3 Å². The quantitative estimate of drug-likeness (QED) is 0.715. The van der Waals surface area contributed by atoms with Crippen LogP contribution in [-0.4, -0.2) is 26.0 Å². The molecule has 0 aliphatic carbocycles. The highest BCUT2D eigenvalue weighted by molar-refractivity contribution is 7.09. The predicted molar refractivity (Wildman–Crippen MR) is 93.8 cm³/mol. The Kier molecular flexibility index (Phi) is 4.57. The molecule has 0 unspecified atom stereocenters. The van der Waals surface area contributed by atoms with Crippen molar-refractivity contribution in [2.75, 3.05) is 6.54 Å². The SMILES string of the molecule is c1cncc(OCc2ncn3c2CN(Cc2cccs2)CCC3)c1. The fourth-order valence-corrected chi connectivity index (χ4v) is 3.79. The first-order valence-electron chi connectivity index (χ1n) is 8.19. The van der Waals surface area contributed by atoms with Crippen LogP contribution >= 0.6 is 11.3 Å². The van der Waals surface area contributed by atoms with Crippen LogP contribution in [0, 0.1) is 0 Å². The van der Waals surface area contributed by atoms with E-state index in [0.29, 0.717) is 6.61 Å². The van der Waals surface area contributed by atoms with Gasteiger partial charge in [0.2, 0.25) is 0 Å². The Hall–Kier alpha value is -2.18. The molecular weight excluding hydrogens is 320 g/mol. The molecule has 3 aromatic rings. The first-order valence-corrected chi connectivity index (χ1v) is 9.07. The van der Waals surface area contributed by atoms with Crippen molar-refractivity contribution in [2.45, 2.75) is 32.7 Å². The van der Waals surface area contributed by atoms with Crippen LogP contribution in [0.3, 0.4) is 0 Å². The third-order valence-corrected chi connectivity index (χ3v) is 5.11. The van der Waals surface area contributed by atoms with Crippen LogP contribution in [0.4, 0.5) is 0 Å². The maximum atomic E-state index is 5.84. The molecule has 124 valence electrons. The van der Waals surface area contributed by atoms with E-state index < -0.39 is 0 Å². The van der Waals surface area contributed by atoms with E-state index >= 15 is 0 Å². The van der Waals surface area contributed by atoms with Gasteiger partial charge in [-0.3, -0.25) is 9.88 Å². The second kappa shape index (κ2) is 7.15. The summed E-state index contributed by atoms with van der Waals surface area (Å²) in [7, 11) is 0. The lowest BCUT2D eigenvalue weighted by Crippen LogP contribution is -2.23. The number of hydrogen-bond donors (Lipinski definition) is 0. The molecule has 6 heteroatoms. The molecule has 5 nitrogen and oxygen atoms in total. The highest BCUT2D eigenvalue weighted by Gasteiger charge is 2.19. The molecule has 24 heavy (non-hydrogen) atoms. The summed E-state index contributed by atoms with van der Waals surface area (Å²) in [5.41, 5.74) is 2.30. The molecule has 0 amide bonds. The molecular formula is C18H20N4OS. The van der Waals surface area contributed by atoms with E-state index in [1.165, 1.54) is 10.6 Å². The second-order valence-electron chi connectivity index (χ2n) is 5.95. The molecule has 0 fully saturated rings. The monoisotopic (exact) mass is 340 g/mol. The van der Waals surface area contributed by atoms with Crippen molar-refractivity contribution in [2.24, 2.45) is 0 Å². The first kappa shape index (κ1) is 15.4. The summed E-state index contributed by atoms with van der Waals surface area (Å²) in [4.78, 5) is 12.6. The van der Waals surface area contributed by atoms with Gasteiger partial charge in [-0.1, -0.05) is 6.07 Å². The zero-order valence-corrected chi connectivity index (χ0v) is 14.3. The van der Waals surface area contributed by atoms with Gasteiger partial charge < -0.3 is 9.30 Å². The summed E-state index contributed by atoms with van der Waals surface area (Å²) in [6.07, 6.45) is 6.58. The van der Waals surface area contributed by atoms with Crippen LogP contribution < -0.4 is 4.74 Å². The van der Waals surface area contributed by atoms with Gasteiger partial charge in [-0.05, 0) is 30.0 Å². The molecule has 0 saturated heterocycles. The Bertz CT molecular complexity index is 770. The van der Waals surface area contributed by atoms with E-state index in [0.717, 1.165) is 44.0 Å². The average Bonchev–Trinajstić information content (AvgIpc) is 3.20. The summed E-state index contributed by atoms with van der Waals surface area (Å²) in [5.74, 6) is 0.781. The smallest absolute Gasteiger partial charge is 0.138 e. The molecule has 0 aromatic carbocycles. The van der Waals surface area contributed by atoms with Gasteiger partial charge >= 0.3 is 0 Å². The van der Waals surface area contributed by atoms with Gasteiger partial charge in [0.05, 0.1) is 18.2 Å². The zero-order chi connectivity index (χ0) is 16.2. The largest absolute Gasteiger partial charge is 0.486 e. The molecule has 0 N–H and O–H groups in total. The number of rotatable bonds is 5. The molecule has 4 heterocycles. The third-order valence-electron chi connectivity index (χ3n) is 4.25. The number of aryl methyl sites for hydroxylation is 1.